The number of rotatable bonds is 10. The van der Waals surface area contributed by atoms with Crippen LogP contribution in [0.3, 0.4) is 0 Å². The van der Waals surface area contributed by atoms with E-state index in [2.05, 4.69) is 108 Å². The minimum absolute atomic E-state index is 0.0655. The van der Waals surface area contributed by atoms with Crippen molar-refractivity contribution in [3.8, 4) is 17.2 Å². The topological polar surface area (TPSA) is 40.7 Å². The SMILES string of the molecule is COc1cc(C2N(Cc3ccc(N(C)C)cc3)CCN2Cc2ccc(N(C)C)cc2)cc(OC)c1OC. The van der Waals surface area contributed by atoms with Crippen LogP contribution >= 0.6 is 0 Å². The van der Waals surface area contributed by atoms with E-state index < -0.39 is 0 Å². The Balaban J connectivity index is 1.67. The molecule has 0 radical (unpaired) electrons. The molecule has 1 fully saturated rings. The van der Waals surface area contributed by atoms with Gasteiger partial charge in [-0.1, -0.05) is 24.3 Å². The van der Waals surface area contributed by atoms with Crippen molar-refractivity contribution in [1.82, 2.24) is 9.80 Å². The first-order valence-electron chi connectivity index (χ1n) is 12.6. The highest BCUT2D eigenvalue weighted by atomic mass is 16.5. The van der Waals surface area contributed by atoms with Crippen LogP contribution in [0.15, 0.2) is 60.7 Å². The first-order valence-corrected chi connectivity index (χ1v) is 12.6. The molecule has 0 saturated carbocycles. The Labute approximate surface area is 221 Å². The van der Waals surface area contributed by atoms with Crippen LogP contribution in [0.2, 0.25) is 0 Å². The summed E-state index contributed by atoms with van der Waals surface area (Å²) in [6.45, 7) is 3.63. The molecule has 0 bridgehead atoms. The Bertz CT molecular complexity index is 1080. The second kappa shape index (κ2) is 11.8. The zero-order valence-corrected chi connectivity index (χ0v) is 23.2. The van der Waals surface area contributed by atoms with Gasteiger partial charge in [0, 0.05) is 65.7 Å². The van der Waals surface area contributed by atoms with Crippen LogP contribution in [0.5, 0.6) is 17.2 Å². The van der Waals surface area contributed by atoms with E-state index in [1.54, 1.807) is 21.3 Å². The summed E-state index contributed by atoms with van der Waals surface area (Å²) >= 11 is 0. The number of methoxy groups -OCH3 is 3. The second-order valence-corrected chi connectivity index (χ2v) is 9.90. The van der Waals surface area contributed by atoms with Gasteiger partial charge in [-0.3, -0.25) is 9.80 Å². The van der Waals surface area contributed by atoms with E-state index in [-0.39, 0.29) is 6.17 Å². The highest BCUT2D eigenvalue weighted by molar-refractivity contribution is 5.54. The summed E-state index contributed by atoms with van der Waals surface area (Å²) in [5.41, 5.74) is 6.12. The summed E-state index contributed by atoms with van der Waals surface area (Å²) in [7, 11) is 13.3. The lowest BCUT2D eigenvalue weighted by Crippen LogP contribution is -2.30. The molecule has 1 saturated heterocycles. The molecular weight excluding hydrogens is 464 g/mol. The summed E-state index contributed by atoms with van der Waals surface area (Å²) in [5, 5.41) is 0. The molecule has 0 aromatic heterocycles. The Hall–Kier alpha value is -3.42. The minimum Gasteiger partial charge on any atom is -0.493 e. The average Bonchev–Trinajstić information content (AvgIpc) is 3.29. The van der Waals surface area contributed by atoms with Gasteiger partial charge >= 0.3 is 0 Å². The lowest BCUT2D eigenvalue weighted by Gasteiger charge is -2.32. The number of ether oxygens (including phenoxy) is 3. The van der Waals surface area contributed by atoms with Gasteiger partial charge in [0.1, 0.15) is 0 Å². The molecule has 3 aromatic carbocycles. The van der Waals surface area contributed by atoms with Gasteiger partial charge in [-0.15, -0.1) is 0 Å². The van der Waals surface area contributed by atoms with Crippen molar-refractivity contribution in [3.05, 3.63) is 77.4 Å². The second-order valence-electron chi connectivity index (χ2n) is 9.90. The summed E-state index contributed by atoms with van der Waals surface area (Å²) < 4.78 is 17.0. The molecule has 0 atom stereocenters. The molecule has 198 valence electrons. The Morgan fingerprint density at radius 3 is 1.38 bits per heavy atom. The van der Waals surface area contributed by atoms with Crippen LogP contribution in [-0.2, 0) is 13.1 Å². The number of anilines is 2. The fourth-order valence-electron chi connectivity index (χ4n) is 5.00. The summed E-state index contributed by atoms with van der Waals surface area (Å²) in [5.74, 6) is 1.96. The van der Waals surface area contributed by atoms with E-state index in [4.69, 9.17) is 14.2 Å². The van der Waals surface area contributed by atoms with Gasteiger partial charge in [-0.05, 0) is 53.1 Å². The van der Waals surface area contributed by atoms with Crippen LogP contribution in [0.25, 0.3) is 0 Å². The van der Waals surface area contributed by atoms with Crippen molar-refractivity contribution in [2.45, 2.75) is 19.3 Å². The maximum Gasteiger partial charge on any atom is 0.203 e. The van der Waals surface area contributed by atoms with Gasteiger partial charge in [0.15, 0.2) is 11.5 Å². The molecule has 0 unspecified atom stereocenters. The third-order valence-corrected chi connectivity index (χ3v) is 7.03. The smallest absolute Gasteiger partial charge is 0.203 e. The van der Waals surface area contributed by atoms with Crippen molar-refractivity contribution in [3.63, 3.8) is 0 Å². The van der Waals surface area contributed by atoms with Gasteiger partial charge in [-0.2, -0.15) is 0 Å². The molecule has 37 heavy (non-hydrogen) atoms. The van der Waals surface area contributed by atoms with Gasteiger partial charge in [-0.25, -0.2) is 0 Å². The predicted molar refractivity (Wildman–Crippen MR) is 151 cm³/mol. The molecular formula is C30H40N4O3. The monoisotopic (exact) mass is 504 g/mol. The minimum atomic E-state index is 0.0655. The first-order chi connectivity index (χ1) is 17.8. The van der Waals surface area contributed by atoms with E-state index in [1.807, 2.05) is 0 Å². The van der Waals surface area contributed by atoms with Gasteiger partial charge in [0.05, 0.1) is 27.5 Å². The lowest BCUT2D eigenvalue weighted by molar-refractivity contribution is 0.125. The number of hydrogen-bond acceptors (Lipinski definition) is 7. The molecule has 3 aromatic rings. The van der Waals surface area contributed by atoms with Crippen molar-refractivity contribution < 1.29 is 14.2 Å². The fourth-order valence-corrected chi connectivity index (χ4v) is 5.00. The maximum atomic E-state index is 5.71. The fraction of sp³-hybridized carbons (Fsp3) is 0.400. The molecule has 0 aliphatic carbocycles. The van der Waals surface area contributed by atoms with E-state index >= 15 is 0 Å². The average molecular weight is 505 g/mol. The Morgan fingerprint density at radius 2 is 1.05 bits per heavy atom. The summed E-state index contributed by atoms with van der Waals surface area (Å²) in [6, 6.07) is 21.8. The van der Waals surface area contributed by atoms with E-state index in [0.717, 1.165) is 31.7 Å². The number of nitrogens with zero attached hydrogens (tertiary/aromatic N) is 4. The molecule has 1 aliphatic rings. The zero-order valence-electron chi connectivity index (χ0n) is 23.2. The van der Waals surface area contributed by atoms with Gasteiger partial charge < -0.3 is 24.0 Å². The Kier molecular flexibility index (Phi) is 8.46. The highest BCUT2D eigenvalue weighted by Gasteiger charge is 2.34. The summed E-state index contributed by atoms with van der Waals surface area (Å²) in [4.78, 5) is 9.31. The van der Waals surface area contributed by atoms with Gasteiger partial charge in [0.25, 0.3) is 0 Å². The standard InChI is InChI=1S/C30H40N4O3/c1-31(2)25-12-8-22(9-13-25)20-33-16-17-34(21-23-10-14-26(15-11-23)32(3)4)30(33)24-18-27(35-5)29(37-7)28(19-24)36-6/h8-15,18-19,30H,16-17,20-21H2,1-7H3. The zero-order chi connectivity index (χ0) is 26.5. The van der Waals surface area contributed by atoms with Crippen LogP contribution in [0.4, 0.5) is 11.4 Å². The van der Waals surface area contributed by atoms with Crippen molar-refractivity contribution in [2.24, 2.45) is 0 Å². The van der Waals surface area contributed by atoms with Crippen molar-refractivity contribution in [2.75, 3.05) is 72.4 Å². The largest absolute Gasteiger partial charge is 0.493 e. The van der Waals surface area contributed by atoms with Crippen molar-refractivity contribution in [1.29, 1.82) is 0 Å². The molecule has 0 N–H and O–H groups in total. The molecule has 1 aliphatic heterocycles. The number of benzene rings is 3. The van der Waals surface area contributed by atoms with Crippen LogP contribution in [0.1, 0.15) is 22.9 Å². The van der Waals surface area contributed by atoms with Gasteiger partial charge in [0.2, 0.25) is 5.75 Å². The normalized spacial score (nSPS) is 14.6. The molecule has 1 heterocycles. The molecule has 4 rings (SSSR count). The summed E-state index contributed by atoms with van der Waals surface area (Å²) in [6.07, 6.45) is 0.0655. The van der Waals surface area contributed by atoms with Crippen molar-refractivity contribution >= 4 is 11.4 Å². The first kappa shape index (κ1) is 26.6. The van der Waals surface area contributed by atoms with Crippen LogP contribution in [-0.4, -0.2) is 72.4 Å². The number of hydrogen-bond donors (Lipinski definition) is 0. The third kappa shape index (κ3) is 5.95. The lowest BCUT2D eigenvalue weighted by atomic mass is 10.1. The third-order valence-electron chi connectivity index (χ3n) is 7.03. The molecule has 7 nitrogen and oxygen atoms in total. The van der Waals surface area contributed by atoms with E-state index in [0.29, 0.717) is 17.2 Å². The maximum absolute atomic E-state index is 5.71. The Morgan fingerprint density at radius 1 is 0.649 bits per heavy atom. The molecule has 0 spiro atoms. The van der Waals surface area contributed by atoms with E-state index in [1.165, 1.54) is 22.5 Å². The molecule has 7 heteroatoms. The molecule has 0 amide bonds. The van der Waals surface area contributed by atoms with E-state index in [9.17, 15) is 0 Å². The quantitative estimate of drug-likeness (QED) is 0.391. The predicted octanol–water partition coefficient (Wildman–Crippen LogP) is 4.86. The highest BCUT2D eigenvalue weighted by Crippen LogP contribution is 2.43. The van der Waals surface area contributed by atoms with Crippen LogP contribution in [0, 0.1) is 0 Å². The van der Waals surface area contributed by atoms with Crippen LogP contribution < -0.4 is 24.0 Å².